The summed E-state index contributed by atoms with van der Waals surface area (Å²) in [7, 11) is 1.38. The molecule has 1 unspecified atom stereocenters. The highest BCUT2D eigenvalue weighted by atomic mass is 16.5. The Hall–Kier alpha value is -1.75. The number of hydrogen-bond donors (Lipinski definition) is 0. The summed E-state index contributed by atoms with van der Waals surface area (Å²) >= 11 is 0. The Labute approximate surface area is 83.9 Å². The van der Waals surface area contributed by atoms with Crippen LogP contribution >= 0.6 is 0 Å². The number of methoxy groups -OCH3 is 1. The van der Waals surface area contributed by atoms with Crippen molar-refractivity contribution in [3.8, 4) is 12.3 Å². The van der Waals surface area contributed by atoms with Gasteiger partial charge in [0, 0.05) is 5.56 Å². The fourth-order valence-electron chi connectivity index (χ4n) is 1.18. The van der Waals surface area contributed by atoms with Crippen LogP contribution in [0.5, 0.6) is 0 Å². The summed E-state index contributed by atoms with van der Waals surface area (Å²) in [5.41, 5.74) is 1.72. The van der Waals surface area contributed by atoms with Gasteiger partial charge in [-0.1, -0.05) is 18.1 Å². The standard InChI is InChI=1S/C12H12O2/c1-4-10-5-7-11(8-6-10)9(2)12(13)14-3/h1,5-9H,2-3H3. The van der Waals surface area contributed by atoms with Crippen molar-refractivity contribution in [3.63, 3.8) is 0 Å². The summed E-state index contributed by atoms with van der Waals surface area (Å²) in [6.07, 6.45) is 5.22. The summed E-state index contributed by atoms with van der Waals surface area (Å²) < 4.78 is 4.64. The molecule has 1 aromatic rings. The van der Waals surface area contributed by atoms with Crippen LogP contribution in [0.4, 0.5) is 0 Å². The first-order valence-electron chi connectivity index (χ1n) is 4.33. The van der Waals surface area contributed by atoms with Crippen LogP contribution in [0.2, 0.25) is 0 Å². The molecule has 0 radical (unpaired) electrons. The van der Waals surface area contributed by atoms with Gasteiger partial charge in [-0.05, 0) is 24.6 Å². The highest BCUT2D eigenvalue weighted by Gasteiger charge is 2.14. The second-order valence-corrected chi connectivity index (χ2v) is 3.01. The Morgan fingerprint density at radius 2 is 2.00 bits per heavy atom. The molecule has 2 heteroatoms. The van der Waals surface area contributed by atoms with E-state index in [1.165, 1.54) is 7.11 Å². The largest absolute Gasteiger partial charge is 0.469 e. The van der Waals surface area contributed by atoms with Gasteiger partial charge in [0.15, 0.2) is 0 Å². The van der Waals surface area contributed by atoms with Crippen LogP contribution in [0.25, 0.3) is 0 Å². The van der Waals surface area contributed by atoms with Gasteiger partial charge in [0.1, 0.15) is 0 Å². The minimum absolute atomic E-state index is 0.238. The first kappa shape index (κ1) is 10.3. The van der Waals surface area contributed by atoms with Crippen LogP contribution in [-0.4, -0.2) is 13.1 Å². The molecule has 2 nitrogen and oxygen atoms in total. The molecule has 0 aromatic heterocycles. The number of hydrogen-bond acceptors (Lipinski definition) is 2. The third-order valence-electron chi connectivity index (χ3n) is 2.13. The third kappa shape index (κ3) is 2.14. The molecule has 0 aliphatic heterocycles. The Bertz CT molecular complexity index is 357. The lowest BCUT2D eigenvalue weighted by Crippen LogP contribution is -2.10. The highest BCUT2D eigenvalue weighted by Crippen LogP contribution is 2.16. The molecule has 1 rings (SSSR count). The van der Waals surface area contributed by atoms with E-state index < -0.39 is 0 Å². The van der Waals surface area contributed by atoms with E-state index in [9.17, 15) is 4.79 Å². The maximum absolute atomic E-state index is 11.2. The van der Waals surface area contributed by atoms with E-state index in [1.807, 2.05) is 24.3 Å². The van der Waals surface area contributed by atoms with Crippen LogP contribution in [0, 0.1) is 12.3 Å². The number of ether oxygens (including phenoxy) is 1. The molecule has 0 amide bonds. The number of esters is 1. The molecule has 0 saturated heterocycles. The van der Waals surface area contributed by atoms with Crippen LogP contribution in [0.15, 0.2) is 24.3 Å². The maximum Gasteiger partial charge on any atom is 0.312 e. The first-order chi connectivity index (χ1) is 6.69. The molecule has 0 saturated carbocycles. The van der Waals surface area contributed by atoms with Crippen molar-refractivity contribution in [1.82, 2.24) is 0 Å². The minimum Gasteiger partial charge on any atom is -0.469 e. The van der Waals surface area contributed by atoms with Gasteiger partial charge in [0.05, 0.1) is 13.0 Å². The van der Waals surface area contributed by atoms with E-state index in [-0.39, 0.29) is 11.9 Å². The van der Waals surface area contributed by atoms with Crippen molar-refractivity contribution in [1.29, 1.82) is 0 Å². The molecular weight excluding hydrogens is 176 g/mol. The van der Waals surface area contributed by atoms with Gasteiger partial charge in [-0.3, -0.25) is 4.79 Å². The van der Waals surface area contributed by atoms with Crippen LogP contribution in [0.1, 0.15) is 24.0 Å². The van der Waals surface area contributed by atoms with Gasteiger partial charge < -0.3 is 4.74 Å². The monoisotopic (exact) mass is 188 g/mol. The predicted octanol–water partition coefficient (Wildman–Crippen LogP) is 1.94. The Morgan fingerprint density at radius 3 is 2.43 bits per heavy atom. The molecule has 0 spiro atoms. The minimum atomic E-state index is -0.244. The SMILES string of the molecule is C#Cc1ccc(C(C)C(=O)OC)cc1. The molecule has 0 fully saturated rings. The zero-order chi connectivity index (χ0) is 10.6. The number of terminal acetylenes is 1. The van der Waals surface area contributed by atoms with Gasteiger partial charge >= 0.3 is 5.97 Å². The fourth-order valence-corrected chi connectivity index (χ4v) is 1.18. The van der Waals surface area contributed by atoms with Gasteiger partial charge in [-0.25, -0.2) is 0 Å². The molecule has 0 aliphatic rings. The van der Waals surface area contributed by atoms with Crippen LogP contribution in [-0.2, 0) is 9.53 Å². The summed E-state index contributed by atoms with van der Waals surface area (Å²) in [5, 5.41) is 0. The van der Waals surface area contributed by atoms with Crippen molar-refractivity contribution in [3.05, 3.63) is 35.4 Å². The average Bonchev–Trinajstić information content (AvgIpc) is 2.27. The first-order valence-corrected chi connectivity index (χ1v) is 4.33. The lowest BCUT2D eigenvalue weighted by atomic mass is 10.0. The van der Waals surface area contributed by atoms with Crippen molar-refractivity contribution in [2.45, 2.75) is 12.8 Å². The maximum atomic E-state index is 11.2. The molecule has 0 N–H and O–H groups in total. The molecule has 14 heavy (non-hydrogen) atoms. The molecular formula is C12H12O2. The van der Waals surface area contributed by atoms with E-state index in [2.05, 4.69) is 10.7 Å². The second kappa shape index (κ2) is 4.48. The Balaban J connectivity index is 2.88. The topological polar surface area (TPSA) is 26.3 Å². The lowest BCUT2D eigenvalue weighted by molar-refractivity contribution is -0.141. The van der Waals surface area contributed by atoms with Gasteiger partial charge in [0.25, 0.3) is 0 Å². The summed E-state index contributed by atoms with van der Waals surface area (Å²) in [6.45, 7) is 1.80. The van der Waals surface area contributed by atoms with Gasteiger partial charge in [0.2, 0.25) is 0 Å². The zero-order valence-corrected chi connectivity index (χ0v) is 8.28. The summed E-state index contributed by atoms with van der Waals surface area (Å²) in [6, 6.07) is 7.32. The second-order valence-electron chi connectivity index (χ2n) is 3.01. The van der Waals surface area contributed by atoms with Crippen LogP contribution < -0.4 is 0 Å². The number of benzene rings is 1. The zero-order valence-electron chi connectivity index (χ0n) is 8.28. The van der Waals surface area contributed by atoms with E-state index >= 15 is 0 Å². The van der Waals surface area contributed by atoms with E-state index in [0.29, 0.717) is 0 Å². The van der Waals surface area contributed by atoms with Gasteiger partial charge in [-0.15, -0.1) is 6.42 Å². The lowest BCUT2D eigenvalue weighted by Gasteiger charge is -2.08. The van der Waals surface area contributed by atoms with Crippen molar-refractivity contribution < 1.29 is 9.53 Å². The van der Waals surface area contributed by atoms with Gasteiger partial charge in [-0.2, -0.15) is 0 Å². The highest BCUT2D eigenvalue weighted by molar-refractivity contribution is 5.77. The van der Waals surface area contributed by atoms with Crippen LogP contribution in [0.3, 0.4) is 0 Å². The quantitative estimate of drug-likeness (QED) is 0.523. The number of carbonyl (C=O) groups excluding carboxylic acids is 1. The summed E-state index contributed by atoms with van der Waals surface area (Å²) in [4.78, 5) is 11.2. The Kier molecular flexibility index (Phi) is 3.30. The number of carbonyl (C=O) groups is 1. The van der Waals surface area contributed by atoms with Crippen molar-refractivity contribution in [2.75, 3.05) is 7.11 Å². The third-order valence-corrected chi connectivity index (χ3v) is 2.13. The number of rotatable bonds is 2. The summed E-state index contributed by atoms with van der Waals surface area (Å²) in [5.74, 6) is 2.04. The smallest absolute Gasteiger partial charge is 0.312 e. The Morgan fingerprint density at radius 1 is 1.43 bits per heavy atom. The molecule has 1 atom stereocenters. The molecule has 0 aliphatic carbocycles. The molecule has 72 valence electrons. The molecule has 0 bridgehead atoms. The van der Waals surface area contributed by atoms with E-state index in [0.717, 1.165) is 11.1 Å². The van der Waals surface area contributed by atoms with E-state index in [4.69, 9.17) is 6.42 Å². The van der Waals surface area contributed by atoms with Crippen molar-refractivity contribution >= 4 is 5.97 Å². The van der Waals surface area contributed by atoms with Crippen molar-refractivity contribution in [2.24, 2.45) is 0 Å². The predicted molar refractivity (Wildman–Crippen MR) is 54.8 cm³/mol. The normalized spacial score (nSPS) is 11.5. The molecule has 1 aromatic carbocycles. The fraction of sp³-hybridized carbons (Fsp3) is 0.250. The van der Waals surface area contributed by atoms with E-state index in [1.54, 1.807) is 6.92 Å². The average molecular weight is 188 g/mol. The molecule has 0 heterocycles.